The smallest absolute Gasteiger partial charge is 0.130 e. The van der Waals surface area contributed by atoms with E-state index in [9.17, 15) is 0 Å². The second-order valence-corrected chi connectivity index (χ2v) is 10.1. The van der Waals surface area contributed by atoms with Crippen LogP contribution >= 0.6 is 0 Å². The number of nitrogens with zero attached hydrogens (tertiary/aromatic N) is 1. The highest BCUT2D eigenvalue weighted by Crippen LogP contribution is 2.38. The molecule has 1 saturated heterocycles. The fourth-order valence-electron chi connectivity index (χ4n) is 1.44. The number of epoxide rings is 1. The van der Waals surface area contributed by atoms with E-state index >= 15 is 0 Å². The van der Waals surface area contributed by atoms with E-state index < -0.39 is 8.07 Å². The molecule has 0 spiro atoms. The topological polar surface area (TPSA) is 25.4 Å². The first-order valence-corrected chi connectivity index (χ1v) is 8.90. The summed E-state index contributed by atoms with van der Waals surface area (Å²) in [4.78, 5) is 4.29. The second kappa shape index (κ2) is 3.91. The van der Waals surface area contributed by atoms with E-state index in [-0.39, 0.29) is 12.2 Å². The summed E-state index contributed by atoms with van der Waals surface area (Å²) in [6.07, 6.45) is 4.47. The first-order valence-electron chi connectivity index (χ1n) is 5.32. The van der Waals surface area contributed by atoms with Gasteiger partial charge in [0.1, 0.15) is 12.2 Å². The monoisotopic (exact) mass is 219 g/mol. The molecule has 2 atom stereocenters. The molecule has 3 heteroatoms. The molecule has 2 rings (SSSR count). The van der Waals surface area contributed by atoms with Crippen molar-refractivity contribution in [1.82, 2.24) is 4.98 Å². The normalized spacial score (nSPS) is 25.8. The standard InChI is InChI=1S/C12H17NOSi/c1-15(2,3)9-7-11-12(14-11)10-6-4-5-8-13-10/h4-9,11-12H,1-3H3/b9-7+/t11-,12-/m1/s1. The van der Waals surface area contributed by atoms with Crippen LogP contribution in [-0.2, 0) is 4.74 Å². The van der Waals surface area contributed by atoms with E-state index in [1.807, 2.05) is 24.4 Å². The van der Waals surface area contributed by atoms with Crippen LogP contribution in [0.4, 0.5) is 0 Å². The van der Waals surface area contributed by atoms with Gasteiger partial charge in [-0.15, -0.1) is 0 Å². The molecule has 15 heavy (non-hydrogen) atoms. The average molecular weight is 219 g/mol. The number of pyridine rings is 1. The Balaban J connectivity index is 1.95. The molecule has 1 aliphatic heterocycles. The molecular weight excluding hydrogens is 202 g/mol. The summed E-state index contributed by atoms with van der Waals surface area (Å²) in [5.41, 5.74) is 3.38. The summed E-state index contributed by atoms with van der Waals surface area (Å²) in [5.74, 6) is 0. The largest absolute Gasteiger partial charge is 0.358 e. The number of ether oxygens (including phenoxy) is 1. The quantitative estimate of drug-likeness (QED) is 0.577. The fourth-order valence-corrected chi connectivity index (χ4v) is 2.20. The number of rotatable bonds is 3. The van der Waals surface area contributed by atoms with Gasteiger partial charge in [-0.25, -0.2) is 0 Å². The molecule has 0 saturated carbocycles. The molecule has 1 aliphatic rings. The van der Waals surface area contributed by atoms with Gasteiger partial charge in [-0.05, 0) is 12.1 Å². The lowest BCUT2D eigenvalue weighted by atomic mass is 10.2. The van der Waals surface area contributed by atoms with Gasteiger partial charge < -0.3 is 4.74 Å². The highest BCUT2D eigenvalue weighted by molar-refractivity contribution is 6.80. The molecule has 0 N–H and O–H groups in total. The van der Waals surface area contributed by atoms with Crippen molar-refractivity contribution in [1.29, 1.82) is 0 Å². The minimum atomic E-state index is -1.09. The zero-order valence-electron chi connectivity index (χ0n) is 9.47. The third-order valence-corrected chi connectivity index (χ3v) is 3.48. The van der Waals surface area contributed by atoms with Crippen LogP contribution in [0.3, 0.4) is 0 Å². The molecule has 1 fully saturated rings. The van der Waals surface area contributed by atoms with Crippen LogP contribution in [0.2, 0.25) is 19.6 Å². The highest BCUT2D eigenvalue weighted by Gasteiger charge is 2.39. The predicted molar refractivity (Wildman–Crippen MR) is 64.3 cm³/mol. The van der Waals surface area contributed by atoms with Gasteiger partial charge in [-0.1, -0.05) is 37.5 Å². The Bertz CT molecular complexity index is 356. The van der Waals surface area contributed by atoms with Crippen molar-refractivity contribution in [3.05, 3.63) is 41.9 Å². The molecule has 0 aliphatic carbocycles. The summed E-state index contributed by atoms with van der Waals surface area (Å²) in [5, 5.41) is 0. The van der Waals surface area contributed by atoms with Crippen molar-refractivity contribution in [2.45, 2.75) is 31.8 Å². The number of hydrogen-bond donors (Lipinski definition) is 0. The van der Waals surface area contributed by atoms with Gasteiger partial charge >= 0.3 is 0 Å². The van der Waals surface area contributed by atoms with Crippen molar-refractivity contribution in [2.24, 2.45) is 0 Å². The van der Waals surface area contributed by atoms with E-state index in [0.717, 1.165) is 5.69 Å². The van der Waals surface area contributed by atoms with Crippen molar-refractivity contribution in [2.75, 3.05) is 0 Å². The average Bonchev–Trinajstić information content (AvgIpc) is 2.94. The van der Waals surface area contributed by atoms with Crippen LogP contribution in [0, 0.1) is 0 Å². The van der Waals surface area contributed by atoms with Crippen LogP contribution in [0.15, 0.2) is 36.2 Å². The summed E-state index contributed by atoms with van der Waals surface area (Å²) in [7, 11) is -1.09. The molecule has 80 valence electrons. The Kier molecular flexibility index (Phi) is 2.76. The number of hydrogen-bond acceptors (Lipinski definition) is 2. The van der Waals surface area contributed by atoms with Crippen LogP contribution in [0.1, 0.15) is 11.8 Å². The second-order valence-electron chi connectivity index (χ2n) is 5.00. The molecule has 2 nitrogen and oxygen atoms in total. The van der Waals surface area contributed by atoms with Crippen LogP contribution in [0.25, 0.3) is 0 Å². The maximum absolute atomic E-state index is 5.57. The lowest BCUT2D eigenvalue weighted by molar-refractivity contribution is 0.390. The van der Waals surface area contributed by atoms with E-state index in [1.54, 1.807) is 0 Å². The lowest BCUT2D eigenvalue weighted by Gasteiger charge is -2.06. The van der Waals surface area contributed by atoms with Gasteiger partial charge in [0.2, 0.25) is 0 Å². The van der Waals surface area contributed by atoms with Crippen molar-refractivity contribution in [3.63, 3.8) is 0 Å². The van der Waals surface area contributed by atoms with Gasteiger partial charge in [-0.3, -0.25) is 4.98 Å². The molecular formula is C12H17NOSi. The maximum atomic E-state index is 5.57. The summed E-state index contributed by atoms with van der Waals surface area (Å²) < 4.78 is 5.57. The molecule has 1 aromatic heterocycles. The van der Waals surface area contributed by atoms with Crippen LogP contribution in [-0.4, -0.2) is 19.2 Å². The van der Waals surface area contributed by atoms with Crippen LogP contribution in [0.5, 0.6) is 0 Å². The predicted octanol–water partition coefficient (Wildman–Crippen LogP) is 2.96. The Labute approximate surface area is 92.0 Å². The van der Waals surface area contributed by atoms with Crippen molar-refractivity contribution < 1.29 is 4.74 Å². The summed E-state index contributed by atoms with van der Waals surface area (Å²) in [6.45, 7) is 6.96. The number of aromatic nitrogens is 1. The van der Waals surface area contributed by atoms with E-state index in [4.69, 9.17) is 4.74 Å². The van der Waals surface area contributed by atoms with E-state index in [2.05, 4.69) is 36.4 Å². The third-order valence-electron chi connectivity index (χ3n) is 2.29. The molecule has 0 amide bonds. The SMILES string of the molecule is C[Si](C)(C)/C=C/[C@H]1O[C@@H]1c1ccccn1. The fraction of sp³-hybridized carbons (Fsp3) is 0.417. The summed E-state index contributed by atoms with van der Waals surface area (Å²) in [6, 6.07) is 5.95. The molecule has 1 aromatic rings. The molecule has 0 aromatic carbocycles. The highest BCUT2D eigenvalue weighted by atomic mass is 28.3. The van der Waals surface area contributed by atoms with Gasteiger partial charge in [0.25, 0.3) is 0 Å². The van der Waals surface area contributed by atoms with E-state index in [0.29, 0.717) is 0 Å². The Morgan fingerprint density at radius 3 is 2.73 bits per heavy atom. The first-order chi connectivity index (χ1) is 7.06. The van der Waals surface area contributed by atoms with E-state index in [1.165, 1.54) is 0 Å². The van der Waals surface area contributed by atoms with Gasteiger partial charge in [0.05, 0.1) is 13.8 Å². The third kappa shape index (κ3) is 3.01. The zero-order chi connectivity index (χ0) is 10.9. The Hall–Kier alpha value is -0.933. The summed E-state index contributed by atoms with van der Waals surface area (Å²) >= 11 is 0. The molecule has 0 unspecified atom stereocenters. The maximum Gasteiger partial charge on any atom is 0.130 e. The van der Waals surface area contributed by atoms with Crippen molar-refractivity contribution in [3.8, 4) is 0 Å². The van der Waals surface area contributed by atoms with Gasteiger partial charge in [0.15, 0.2) is 0 Å². The first kappa shape index (κ1) is 10.6. The molecule has 0 bridgehead atoms. The molecule has 2 heterocycles. The minimum Gasteiger partial charge on any atom is -0.358 e. The minimum absolute atomic E-state index is 0.193. The zero-order valence-corrected chi connectivity index (χ0v) is 10.5. The Morgan fingerprint density at radius 1 is 1.33 bits per heavy atom. The molecule has 0 radical (unpaired) electrons. The van der Waals surface area contributed by atoms with Gasteiger partial charge in [-0.2, -0.15) is 0 Å². The van der Waals surface area contributed by atoms with Crippen LogP contribution < -0.4 is 0 Å². The lowest BCUT2D eigenvalue weighted by Crippen LogP contribution is -2.15. The van der Waals surface area contributed by atoms with Gasteiger partial charge in [0, 0.05) is 6.20 Å². The van der Waals surface area contributed by atoms with Crippen molar-refractivity contribution >= 4 is 8.07 Å². The Morgan fingerprint density at radius 2 is 2.13 bits per heavy atom.